The molecular formula is C11H14O. The van der Waals surface area contributed by atoms with E-state index < -0.39 is 0 Å². The minimum absolute atomic E-state index is 0.350. The zero-order chi connectivity index (χ0) is 8.97. The summed E-state index contributed by atoms with van der Waals surface area (Å²) in [7, 11) is 0. The van der Waals surface area contributed by atoms with Crippen LogP contribution in [0.15, 0.2) is 24.3 Å². The Morgan fingerprint density at radius 1 is 1.33 bits per heavy atom. The molecule has 0 saturated heterocycles. The van der Waals surface area contributed by atoms with Gasteiger partial charge in [0.2, 0.25) is 0 Å². The van der Waals surface area contributed by atoms with Crippen LogP contribution in [0.4, 0.5) is 0 Å². The Morgan fingerprint density at radius 3 is 2.42 bits per heavy atom. The lowest BCUT2D eigenvalue weighted by Gasteiger charge is -2.07. The van der Waals surface area contributed by atoms with Crippen molar-refractivity contribution in [3.63, 3.8) is 0 Å². The molecule has 0 unspecified atom stereocenters. The highest BCUT2D eigenvalue weighted by atomic mass is 16.1. The average molecular weight is 162 g/mol. The highest BCUT2D eigenvalue weighted by Gasteiger charge is 2.02. The zero-order valence-corrected chi connectivity index (χ0v) is 7.58. The summed E-state index contributed by atoms with van der Waals surface area (Å²) >= 11 is 0. The zero-order valence-electron chi connectivity index (χ0n) is 7.58. The van der Waals surface area contributed by atoms with E-state index in [0.717, 1.165) is 6.29 Å². The van der Waals surface area contributed by atoms with Crippen LogP contribution in [0, 0.1) is 6.92 Å². The van der Waals surface area contributed by atoms with Crippen molar-refractivity contribution in [2.75, 3.05) is 0 Å². The maximum atomic E-state index is 10.3. The van der Waals surface area contributed by atoms with Crippen LogP contribution in [0.5, 0.6) is 0 Å². The van der Waals surface area contributed by atoms with Crippen molar-refractivity contribution < 1.29 is 4.79 Å². The van der Waals surface area contributed by atoms with Gasteiger partial charge in [-0.1, -0.05) is 36.8 Å². The first-order valence-corrected chi connectivity index (χ1v) is 4.24. The second-order valence-electron chi connectivity index (χ2n) is 3.21. The van der Waals surface area contributed by atoms with Crippen LogP contribution >= 0.6 is 0 Å². The number of aryl methyl sites for hydroxylation is 1. The molecule has 0 N–H and O–H groups in total. The molecule has 64 valence electrons. The maximum Gasteiger partial charge on any atom is 0.120 e. The SMILES string of the molecule is Cc1ccc([C@@H](C)CC=O)cc1. The van der Waals surface area contributed by atoms with Crippen molar-refractivity contribution in [3.8, 4) is 0 Å². The quantitative estimate of drug-likeness (QED) is 0.624. The molecule has 1 nitrogen and oxygen atoms in total. The fourth-order valence-corrected chi connectivity index (χ4v) is 1.18. The fraction of sp³-hybridized carbons (Fsp3) is 0.364. The molecule has 1 atom stereocenters. The summed E-state index contributed by atoms with van der Waals surface area (Å²) in [6.45, 7) is 4.13. The van der Waals surface area contributed by atoms with E-state index >= 15 is 0 Å². The average Bonchev–Trinajstić information content (AvgIpc) is 2.06. The Balaban J connectivity index is 2.74. The van der Waals surface area contributed by atoms with Gasteiger partial charge in [-0.2, -0.15) is 0 Å². The standard InChI is InChI=1S/C11H14O/c1-9-3-5-11(6-4-9)10(2)7-8-12/h3-6,8,10H,7H2,1-2H3/t10-/m0/s1. The first-order valence-electron chi connectivity index (χ1n) is 4.24. The third-order valence-electron chi connectivity index (χ3n) is 2.10. The smallest absolute Gasteiger partial charge is 0.120 e. The Morgan fingerprint density at radius 2 is 1.92 bits per heavy atom. The van der Waals surface area contributed by atoms with Gasteiger partial charge in [0.25, 0.3) is 0 Å². The Kier molecular flexibility index (Phi) is 3.03. The fourth-order valence-electron chi connectivity index (χ4n) is 1.18. The summed E-state index contributed by atoms with van der Waals surface area (Å²) in [5.74, 6) is 0.350. The molecule has 0 amide bonds. The van der Waals surface area contributed by atoms with E-state index in [4.69, 9.17) is 0 Å². The largest absolute Gasteiger partial charge is 0.303 e. The van der Waals surface area contributed by atoms with Gasteiger partial charge in [-0.15, -0.1) is 0 Å². The van der Waals surface area contributed by atoms with Crippen LogP contribution in [0.3, 0.4) is 0 Å². The summed E-state index contributed by atoms with van der Waals surface area (Å²) in [5.41, 5.74) is 2.50. The normalized spacial score (nSPS) is 12.5. The molecule has 0 aliphatic heterocycles. The predicted octanol–water partition coefficient (Wildman–Crippen LogP) is 2.69. The van der Waals surface area contributed by atoms with E-state index in [2.05, 4.69) is 38.1 Å². The monoisotopic (exact) mass is 162 g/mol. The van der Waals surface area contributed by atoms with Crippen LogP contribution in [-0.2, 0) is 4.79 Å². The Bertz CT molecular complexity index is 248. The maximum absolute atomic E-state index is 10.3. The van der Waals surface area contributed by atoms with E-state index in [1.165, 1.54) is 11.1 Å². The first-order chi connectivity index (χ1) is 5.74. The van der Waals surface area contributed by atoms with Gasteiger partial charge in [0.05, 0.1) is 0 Å². The number of hydrogen-bond donors (Lipinski definition) is 0. The first kappa shape index (κ1) is 8.98. The van der Waals surface area contributed by atoms with Gasteiger partial charge in [-0.05, 0) is 18.4 Å². The molecule has 1 aromatic rings. The Hall–Kier alpha value is -1.11. The van der Waals surface area contributed by atoms with Crippen molar-refractivity contribution in [2.45, 2.75) is 26.2 Å². The van der Waals surface area contributed by atoms with Crippen LogP contribution in [-0.4, -0.2) is 6.29 Å². The molecule has 0 aromatic heterocycles. The molecule has 0 aliphatic rings. The summed E-state index contributed by atoms with van der Waals surface area (Å²) in [6, 6.07) is 8.33. The van der Waals surface area contributed by atoms with Crippen LogP contribution in [0.1, 0.15) is 30.4 Å². The van der Waals surface area contributed by atoms with Gasteiger partial charge in [0, 0.05) is 6.42 Å². The number of hydrogen-bond acceptors (Lipinski definition) is 1. The molecule has 1 aromatic carbocycles. The lowest BCUT2D eigenvalue weighted by Crippen LogP contribution is -1.93. The lowest BCUT2D eigenvalue weighted by molar-refractivity contribution is -0.108. The van der Waals surface area contributed by atoms with Gasteiger partial charge < -0.3 is 4.79 Å². The predicted molar refractivity (Wildman–Crippen MR) is 50.3 cm³/mol. The van der Waals surface area contributed by atoms with Crippen molar-refractivity contribution >= 4 is 6.29 Å². The summed E-state index contributed by atoms with van der Waals surface area (Å²) in [5, 5.41) is 0. The number of benzene rings is 1. The molecule has 1 heteroatoms. The van der Waals surface area contributed by atoms with Gasteiger partial charge in [-0.3, -0.25) is 0 Å². The molecule has 0 radical (unpaired) electrons. The van der Waals surface area contributed by atoms with Crippen LogP contribution < -0.4 is 0 Å². The topological polar surface area (TPSA) is 17.1 Å². The third kappa shape index (κ3) is 2.19. The van der Waals surface area contributed by atoms with E-state index in [9.17, 15) is 4.79 Å². The summed E-state index contributed by atoms with van der Waals surface area (Å²) in [4.78, 5) is 10.3. The summed E-state index contributed by atoms with van der Waals surface area (Å²) < 4.78 is 0. The van der Waals surface area contributed by atoms with E-state index in [1.807, 2.05) is 0 Å². The molecule has 0 bridgehead atoms. The highest BCUT2D eigenvalue weighted by molar-refractivity contribution is 5.51. The highest BCUT2D eigenvalue weighted by Crippen LogP contribution is 2.17. The Labute approximate surface area is 73.4 Å². The number of aldehydes is 1. The third-order valence-corrected chi connectivity index (χ3v) is 2.10. The van der Waals surface area contributed by atoms with E-state index in [-0.39, 0.29) is 0 Å². The van der Waals surface area contributed by atoms with Crippen molar-refractivity contribution in [1.29, 1.82) is 0 Å². The molecule has 0 saturated carbocycles. The number of carbonyl (C=O) groups excluding carboxylic acids is 1. The molecule has 0 spiro atoms. The minimum atomic E-state index is 0.350. The van der Waals surface area contributed by atoms with Crippen LogP contribution in [0.2, 0.25) is 0 Å². The van der Waals surface area contributed by atoms with Crippen LogP contribution in [0.25, 0.3) is 0 Å². The molecule has 0 fully saturated rings. The van der Waals surface area contributed by atoms with Gasteiger partial charge >= 0.3 is 0 Å². The van der Waals surface area contributed by atoms with Crippen molar-refractivity contribution in [3.05, 3.63) is 35.4 Å². The second kappa shape index (κ2) is 4.05. The van der Waals surface area contributed by atoms with Gasteiger partial charge in [0.1, 0.15) is 6.29 Å². The minimum Gasteiger partial charge on any atom is -0.303 e. The molecular weight excluding hydrogens is 148 g/mol. The van der Waals surface area contributed by atoms with Gasteiger partial charge in [0.15, 0.2) is 0 Å². The molecule has 0 aliphatic carbocycles. The number of carbonyl (C=O) groups is 1. The molecule has 12 heavy (non-hydrogen) atoms. The van der Waals surface area contributed by atoms with Crippen molar-refractivity contribution in [2.24, 2.45) is 0 Å². The summed E-state index contributed by atoms with van der Waals surface area (Å²) in [6.07, 6.45) is 1.59. The number of rotatable bonds is 3. The molecule has 0 heterocycles. The van der Waals surface area contributed by atoms with Crippen molar-refractivity contribution in [1.82, 2.24) is 0 Å². The van der Waals surface area contributed by atoms with Gasteiger partial charge in [-0.25, -0.2) is 0 Å². The van der Waals surface area contributed by atoms with E-state index in [0.29, 0.717) is 12.3 Å². The lowest BCUT2D eigenvalue weighted by atomic mass is 9.98. The van der Waals surface area contributed by atoms with E-state index in [1.54, 1.807) is 0 Å². The molecule has 1 rings (SSSR count). The second-order valence-corrected chi connectivity index (χ2v) is 3.21.